The van der Waals surface area contributed by atoms with E-state index in [1.54, 1.807) is 38.1 Å². The maximum Gasteiger partial charge on any atom is 0.299 e. The van der Waals surface area contributed by atoms with Crippen LogP contribution in [0.1, 0.15) is 19.4 Å². The monoisotopic (exact) mass is 287 g/mol. The van der Waals surface area contributed by atoms with E-state index < -0.39 is 10.2 Å². The van der Waals surface area contributed by atoms with Gasteiger partial charge in [0.25, 0.3) is 10.2 Å². The average Bonchev–Trinajstić information content (AvgIpc) is 2.17. The summed E-state index contributed by atoms with van der Waals surface area (Å²) in [4.78, 5) is 0.407. The summed E-state index contributed by atoms with van der Waals surface area (Å²) in [5, 5.41) is 0. The van der Waals surface area contributed by atoms with Crippen LogP contribution in [0.15, 0.2) is 24.3 Å². The van der Waals surface area contributed by atoms with Gasteiger partial charge in [-0.2, -0.15) is 13.1 Å². The lowest BCUT2D eigenvalue weighted by atomic mass is 10.1. The van der Waals surface area contributed by atoms with Gasteiger partial charge in [-0.1, -0.05) is 24.4 Å². The third-order valence-electron chi connectivity index (χ3n) is 1.98. The minimum Gasteiger partial charge on any atom is -0.393 e. The summed E-state index contributed by atoms with van der Waals surface area (Å²) >= 11 is 4.80. The third-order valence-corrected chi connectivity index (χ3v) is 3.41. The van der Waals surface area contributed by atoms with Crippen molar-refractivity contribution in [1.29, 1.82) is 0 Å². The molecule has 1 aromatic rings. The molecule has 0 radical (unpaired) electrons. The quantitative estimate of drug-likeness (QED) is 0.686. The molecule has 0 spiro atoms. The maximum absolute atomic E-state index is 11.6. The Labute approximate surface area is 113 Å². The van der Waals surface area contributed by atoms with Crippen LogP contribution in [0.4, 0.5) is 5.69 Å². The lowest BCUT2D eigenvalue weighted by Crippen LogP contribution is -2.35. The maximum atomic E-state index is 11.6. The van der Waals surface area contributed by atoms with E-state index >= 15 is 0 Å². The molecule has 0 aliphatic rings. The predicted octanol–water partition coefficient (Wildman–Crippen LogP) is 1.17. The number of rotatable bonds is 6. The molecule has 0 bridgehead atoms. The Balaban J connectivity index is 2.72. The van der Waals surface area contributed by atoms with Crippen LogP contribution in [-0.2, 0) is 16.6 Å². The summed E-state index contributed by atoms with van der Waals surface area (Å²) < 4.78 is 28.1. The molecule has 4 N–H and O–H groups in total. The minimum absolute atomic E-state index is 0.156. The molecule has 18 heavy (non-hydrogen) atoms. The summed E-state index contributed by atoms with van der Waals surface area (Å²) in [5.41, 5.74) is 6.87. The molecule has 7 heteroatoms. The van der Waals surface area contributed by atoms with Crippen molar-refractivity contribution < 1.29 is 8.42 Å². The lowest BCUT2D eigenvalue weighted by Gasteiger charge is -2.11. The van der Waals surface area contributed by atoms with E-state index in [0.717, 1.165) is 5.56 Å². The van der Waals surface area contributed by atoms with Gasteiger partial charge in [-0.25, -0.2) is 0 Å². The van der Waals surface area contributed by atoms with Gasteiger partial charge in [0.2, 0.25) is 0 Å². The molecule has 0 atom stereocenters. The summed E-state index contributed by atoms with van der Waals surface area (Å²) in [6.45, 7) is 3.51. The van der Waals surface area contributed by atoms with Crippen LogP contribution in [0.5, 0.6) is 0 Å². The molecule has 0 amide bonds. The van der Waals surface area contributed by atoms with E-state index in [-0.39, 0.29) is 6.04 Å². The summed E-state index contributed by atoms with van der Waals surface area (Å²) in [6, 6.07) is 6.76. The van der Waals surface area contributed by atoms with E-state index in [9.17, 15) is 8.42 Å². The highest BCUT2D eigenvalue weighted by molar-refractivity contribution is 7.90. The summed E-state index contributed by atoms with van der Waals surface area (Å²) in [5.74, 6) is 0. The molecule has 0 saturated carbocycles. The lowest BCUT2D eigenvalue weighted by molar-refractivity contribution is 0.575. The van der Waals surface area contributed by atoms with E-state index in [1.807, 2.05) is 0 Å². The van der Waals surface area contributed by atoms with E-state index in [2.05, 4.69) is 9.44 Å². The van der Waals surface area contributed by atoms with Crippen LogP contribution in [-0.4, -0.2) is 19.4 Å². The van der Waals surface area contributed by atoms with Crippen LogP contribution < -0.4 is 15.2 Å². The topological polar surface area (TPSA) is 84.2 Å². The van der Waals surface area contributed by atoms with Crippen LogP contribution in [0.3, 0.4) is 0 Å². The number of hydrogen-bond acceptors (Lipinski definition) is 3. The number of anilines is 1. The molecule has 5 nitrogen and oxygen atoms in total. The normalized spacial score (nSPS) is 11.5. The fourth-order valence-electron chi connectivity index (χ4n) is 1.39. The fraction of sp³-hybridized carbons (Fsp3) is 0.364. The van der Waals surface area contributed by atoms with Crippen LogP contribution in [0, 0.1) is 0 Å². The van der Waals surface area contributed by atoms with Crippen LogP contribution in [0.2, 0.25) is 0 Å². The molecule has 0 aliphatic carbocycles. The number of hydrogen-bond donors (Lipinski definition) is 3. The Morgan fingerprint density at radius 2 is 1.89 bits per heavy atom. The molecule has 1 aromatic carbocycles. The first kappa shape index (κ1) is 14.9. The van der Waals surface area contributed by atoms with Crippen molar-refractivity contribution in [2.45, 2.75) is 26.3 Å². The second-order valence-corrected chi connectivity index (χ2v) is 6.19. The van der Waals surface area contributed by atoms with E-state index in [1.165, 1.54) is 0 Å². The molecule has 0 aliphatic heterocycles. The van der Waals surface area contributed by atoms with E-state index in [0.29, 0.717) is 17.1 Å². The van der Waals surface area contributed by atoms with Gasteiger partial charge in [-0.15, -0.1) is 0 Å². The van der Waals surface area contributed by atoms with Gasteiger partial charge in [0, 0.05) is 18.2 Å². The summed E-state index contributed by atoms with van der Waals surface area (Å²) in [7, 11) is -3.52. The zero-order chi connectivity index (χ0) is 13.8. The highest BCUT2D eigenvalue weighted by atomic mass is 32.2. The smallest absolute Gasteiger partial charge is 0.299 e. The predicted molar refractivity (Wildman–Crippen MR) is 77.7 cm³/mol. The van der Waals surface area contributed by atoms with Crippen molar-refractivity contribution in [3.63, 3.8) is 0 Å². The molecule has 100 valence electrons. The molecule has 0 unspecified atom stereocenters. The third kappa shape index (κ3) is 5.44. The van der Waals surface area contributed by atoms with Crippen molar-refractivity contribution in [3.8, 4) is 0 Å². The Morgan fingerprint density at radius 3 is 2.33 bits per heavy atom. The summed E-state index contributed by atoms with van der Waals surface area (Å²) in [6.07, 6.45) is 0.507. The Hall–Kier alpha value is -1.18. The van der Waals surface area contributed by atoms with Gasteiger partial charge >= 0.3 is 0 Å². The zero-order valence-corrected chi connectivity index (χ0v) is 11.9. The van der Waals surface area contributed by atoms with Gasteiger partial charge in [-0.3, -0.25) is 4.72 Å². The van der Waals surface area contributed by atoms with Gasteiger partial charge in [0.05, 0.1) is 4.99 Å². The molecule has 1 rings (SSSR count). The van der Waals surface area contributed by atoms with Crippen molar-refractivity contribution in [2.75, 3.05) is 4.72 Å². The number of thiocarbonyl (C=S) groups is 1. The first-order chi connectivity index (χ1) is 8.28. The number of nitrogens with two attached hydrogens (primary N) is 1. The number of benzene rings is 1. The average molecular weight is 287 g/mol. The van der Waals surface area contributed by atoms with E-state index in [4.69, 9.17) is 18.0 Å². The minimum atomic E-state index is -3.52. The molecule has 0 aromatic heterocycles. The second kappa shape index (κ2) is 6.12. The Bertz CT molecular complexity index is 510. The van der Waals surface area contributed by atoms with Crippen LogP contribution in [0.25, 0.3) is 0 Å². The van der Waals surface area contributed by atoms with Gasteiger partial charge in [0.15, 0.2) is 0 Å². The Morgan fingerprint density at radius 1 is 1.33 bits per heavy atom. The van der Waals surface area contributed by atoms with Crippen molar-refractivity contribution in [3.05, 3.63) is 29.8 Å². The van der Waals surface area contributed by atoms with Crippen molar-refractivity contribution in [2.24, 2.45) is 5.73 Å². The highest BCUT2D eigenvalue weighted by Crippen LogP contribution is 2.11. The molecule has 0 heterocycles. The standard InChI is InChI=1S/C11H17N3O2S2/c1-8(2)13-18(15,16)14-10-5-3-9(4-6-10)7-11(12)17/h3-6,8,13-14H,7H2,1-2H3,(H2,12,17). The van der Waals surface area contributed by atoms with Crippen LogP contribution >= 0.6 is 12.2 Å². The molecular weight excluding hydrogens is 270 g/mol. The molecular formula is C11H17N3O2S2. The first-order valence-electron chi connectivity index (χ1n) is 5.46. The molecule has 0 fully saturated rings. The SMILES string of the molecule is CC(C)NS(=O)(=O)Nc1ccc(CC(N)=S)cc1. The van der Waals surface area contributed by atoms with Crippen molar-refractivity contribution >= 4 is 33.1 Å². The first-order valence-corrected chi connectivity index (χ1v) is 7.35. The fourth-order valence-corrected chi connectivity index (χ4v) is 2.68. The second-order valence-electron chi connectivity index (χ2n) is 4.22. The Kier molecular flexibility index (Phi) is 5.06. The molecule has 0 saturated heterocycles. The largest absolute Gasteiger partial charge is 0.393 e. The van der Waals surface area contributed by atoms with Crippen molar-refractivity contribution in [1.82, 2.24) is 4.72 Å². The zero-order valence-electron chi connectivity index (χ0n) is 10.3. The highest BCUT2D eigenvalue weighted by Gasteiger charge is 2.10. The number of nitrogens with one attached hydrogen (secondary N) is 2. The van der Waals surface area contributed by atoms with Gasteiger partial charge in [-0.05, 0) is 31.5 Å². The van der Waals surface area contributed by atoms with Gasteiger partial charge in [0.1, 0.15) is 0 Å². The van der Waals surface area contributed by atoms with Gasteiger partial charge < -0.3 is 5.73 Å².